The van der Waals surface area contributed by atoms with E-state index in [1.54, 1.807) is 0 Å². The number of hydrogen-bond acceptors (Lipinski definition) is 1. The number of ether oxygens (including phenoxy) is 1. The molecule has 0 spiro atoms. The maximum atomic E-state index is 5.52. The van der Waals surface area contributed by atoms with Gasteiger partial charge in [-0.15, -0.1) is 0 Å². The Morgan fingerprint density at radius 2 is 1.83 bits per heavy atom. The van der Waals surface area contributed by atoms with Gasteiger partial charge in [-0.3, -0.25) is 0 Å². The second kappa shape index (κ2) is 7.58. The Hall–Kier alpha value is -0.820. The van der Waals surface area contributed by atoms with Gasteiger partial charge in [0.2, 0.25) is 0 Å². The van der Waals surface area contributed by atoms with Crippen molar-refractivity contribution >= 4 is 0 Å². The molecule has 1 aliphatic rings. The molecule has 2 atom stereocenters. The van der Waals surface area contributed by atoms with Crippen LogP contribution >= 0.6 is 0 Å². The fraction of sp³-hybridized carbons (Fsp3) is 0.588. The third-order valence-electron chi connectivity index (χ3n) is 4.07. The normalized spacial score (nSPS) is 25.4. The molecule has 2 unspecified atom stereocenters. The van der Waals surface area contributed by atoms with E-state index in [0.29, 0.717) is 6.10 Å². The highest BCUT2D eigenvalue weighted by molar-refractivity contribution is 5.16. The lowest BCUT2D eigenvalue weighted by molar-refractivity contribution is 0.0750. The Kier molecular flexibility index (Phi) is 5.73. The molecule has 0 bridgehead atoms. The van der Waals surface area contributed by atoms with Crippen molar-refractivity contribution in [2.45, 2.75) is 51.0 Å². The zero-order chi connectivity index (χ0) is 12.6. The van der Waals surface area contributed by atoms with E-state index < -0.39 is 0 Å². The van der Waals surface area contributed by atoms with Crippen LogP contribution in [0.3, 0.4) is 0 Å². The predicted molar refractivity (Wildman–Crippen MR) is 76.4 cm³/mol. The van der Waals surface area contributed by atoms with E-state index in [9.17, 15) is 0 Å². The summed E-state index contributed by atoms with van der Waals surface area (Å²) in [6, 6.07) is 10.8. The number of hydrogen-bond donors (Lipinski definition) is 0. The van der Waals surface area contributed by atoms with Gasteiger partial charge in [-0.25, -0.2) is 0 Å². The van der Waals surface area contributed by atoms with Crippen LogP contribution < -0.4 is 0 Å². The van der Waals surface area contributed by atoms with Crippen molar-refractivity contribution in [3.63, 3.8) is 0 Å². The maximum absolute atomic E-state index is 5.52. The van der Waals surface area contributed by atoms with Crippen LogP contribution in [0.15, 0.2) is 30.3 Å². The van der Waals surface area contributed by atoms with Gasteiger partial charge < -0.3 is 4.74 Å². The highest BCUT2D eigenvalue weighted by atomic mass is 16.5. The van der Waals surface area contributed by atoms with Gasteiger partial charge in [0.25, 0.3) is 0 Å². The van der Waals surface area contributed by atoms with Crippen LogP contribution in [0, 0.1) is 12.3 Å². The molecule has 1 fully saturated rings. The predicted octanol–water partition coefficient (Wildman–Crippen LogP) is 4.42. The topological polar surface area (TPSA) is 9.23 Å². The molecule has 0 N–H and O–H groups in total. The molecule has 0 heterocycles. The molecule has 0 amide bonds. The molecular weight excluding hydrogens is 220 g/mol. The minimum absolute atomic E-state index is 0.498. The quantitative estimate of drug-likeness (QED) is 0.763. The second-order valence-corrected chi connectivity index (χ2v) is 5.41. The van der Waals surface area contributed by atoms with E-state index in [1.165, 1.54) is 44.1 Å². The Morgan fingerprint density at radius 1 is 1.06 bits per heavy atom. The van der Waals surface area contributed by atoms with Crippen molar-refractivity contribution in [1.82, 2.24) is 0 Å². The van der Waals surface area contributed by atoms with Crippen molar-refractivity contribution in [3.05, 3.63) is 42.3 Å². The molecule has 1 aliphatic carbocycles. The molecule has 0 saturated heterocycles. The zero-order valence-electron chi connectivity index (χ0n) is 11.5. The lowest BCUT2D eigenvalue weighted by Crippen LogP contribution is -2.16. The number of benzene rings is 1. The summed E-state index contributed by atoms with van der Waals surface area (Å²) in [6.45, 7) is 0. The van der Waals surface area contributed by atoms with Crippen molar-refractivity contribution in [2.75, 3.05) is 7.11 Å². The molecule has 18 heavy (non-hydrogen) atoms. The Bertz CT molecular complexity index is 320. The van der Waals surface area contributed by atoms with Crippen LogP contribution in [0.25, 0.3) is 0 Å². The standard InChI is InChI=1S/C17H25O/c1-18-17-10-6-5-9-16(13-14-17)12-11-15-7-3-2-4-8-15/h2-4,7-8,12,16-17H,5-6,9-11,13-14H2,1H3. The second-order valence-electron chi connectivity index (χ2n) is 5.41. The summed E-state index contributed by atoms with van der Waals surface area (Å²) in [5.41, 5.74) is 1.43. The van der Waals surface area contributed by atoms with E-state index >= 15 is 0 Å². The molecule has 2 rings (SSSR count). The fourth-order valence-electron chi connectivity index (χ4n) is 2.86. The van der Waals surface area contributed by atoms with Crippen LogP contribution in [0.1, 0.15) is 44.1 Å². The SMILES string of the molecule is COC1CCCCC([CH]Cc2ccccc2)CC1. The molecule has 1 nitrogen and oxygen atoms in total. The van der Waals surface area contributed by atoms with Gasteiger partial charge in [0, 0.05) is 7.11 Å². The molecule has 1 radical (unpaired) electrons. The molecular formula is C17H25O. The highest BCUT2D eigenvalue weighted by Gasteiger charge is 2.16. The average molecular weight is 245 g/mol. The lowest BCUT2D eigenvalue weighted by atomic mass is 9.86. The smallest absolute Gasteiger partial charge is 0.0571 e. The van der Waals surface area contributed by atoms with Gasteiger partial charge >= 0.3 is 0 Å². The summed E-state index contributed by atoms with van der Waals surface area (Å²) in [7, 11) is 1.86. The van der Waals surface area contributed by atoms with E-state index in [2.05, 4.69) is 36.8 Å². The maximum Gasteiger partial charge on any atom is 0.0571 e. The molecule has 1 aromatic rings. The van der Waals surface area contributed by atoms with Gasteiger partial charge in [-0.05, 0) is 43.6 Å². The van der Waals surface area contributed by atoms with Gasteiger partial charge in [0.1, 0.15) is 0 Å². The van der Waals surface area contributed by atoms with Crippen LogP contribution in [0.4, 0.5) is 0 Å². The summed E-state index contributed by atoms with van der Waals surface area (Å²) >= 11 is 0. The molecule has 0 aromatic heterocycles. The molecule has 1 saturated carbocycles. The van der Waals surface area contributed by atoms with Gasteiger partial charge in [-0.2, -0.15) is 0 Å². The summed E-state index contributed by atoms with van der Waals surface area (Å²) in [5.74, 6) is 0.781. The van der Waals surface area contributed by atoms with Gasteiger partial charge in [0.05, 0.1) is 6.10 Å². The lowest BCUT2D eigenvalue weighted by Gasteiger charge is -2.24. The summed E-state index contributed by atoms with van der Waals surface area (Å²) in [6.07, 6.45) is 12.0. The van der Waals surface area contributed by atoms with Crippen molar-refractivity contribution < 1.29 is 4.74 Å². The van der Waals surface area contributed by atoms with Gasteiger partial charge in [-0.1, -0.05) is 49.6 Å². The van der Waals surface area contributed by atoms with Gasteiger partial charge in [0.15, 0.2) is 0 Å². The minimum Gasteiger partial charge on any atom is -0.381 e. The molecule has 99 valence electrons. The van der Waals surface area contributed by atoms with Crippen molar-refractivity contribution in [2.24, 2.45) is 5.92 Å². The Morgan fingerprint density at radius 3 is 2.61 bits per heavy atom. The first kappa shape index (κ1) is 13.6. The molecule has 0 aliphatic heterocycles. The summed E-state index contributed by atoms with van der Waals surface area (Å²) in [4.78, 5) is 0. The Balaban J connectivity index is 1.77. The zero-order valence-corrected chi connectivity index (χ0v) is 11.5. The fourth-order valence-corrected chi connectivity index (χ4v) is 2.86. The number of rotatable bonds is 4. The summed E-state index contributed by atoms with van der Waals surface area (Å²) in [5, 5.41) is 0. The minimum atomic E-state index is 0.498. The van der Waals surface area contributed by atoms with Crippen LogP contribution in [0.2, 0.25) is 0 Å². The van der Waals surface area contributed by atoms with Crippen molar-refractivity contribution in [1.29, 1.82) is 0 Å². The first-order chi connectivity index (χ1) is 8.88. The third kappa shape index (κ3) is 4.45. The molecule has 1 aromatic carbocycles. The van der Waals surface area contributed by atoms with E-state index in [-0.39, 0.29) is 0 Å². The van der Waals surface area contributed by atoms with E-state index in [4.69, 9.17) is 4.74 Å². The largest absolute Gasteiger partial charge is 0.381 e. The summed E-state index contributed by atoms with van der Waals surface area (Å²) < 4.78 is 5.52. The van der Waals surface area contributed by atoms with Crippen LogP contribution in [-0.2, 0) is 11.2 Å². The first-order valence-corrected chi connectivity index (χ1v) is 7.28. The third-order valence-corrected chi connectivity index (χ3v) is 4.07. The highest BCUT2D eigenvalue weighted by Crippen LogP contribution is 2.26. The van der Waals surface area contributed by atoms with E-state index in [1.807, 2.05) is 7.11 Å². The molecule has 1 heteroatoms. The average Bonchev–Trinajstić information content (AvgIpc) is 2.39. The number of methoxy groups -OCH3 is 1. The monoisotopic (exact) mass is 245 g/mol. The Labute approximate surface area is 112 Å². The van der Waals surface area contributed by atoms with Crippen LogP contribution in [-0.4, -0.2) is 13.2 Å². The van der Waals surface area contributed by atoms with Crippen molar-refractivity contribution in [3.8, 4) is 0 Å². The first-order valence-electron chi connectivity index (χ1n) is 7.28. The van der Waals surface area contributed by atoms with Crippen LogP contribution in [0.5, 0.6) is 0 Å². The van der Waals surface area contributed by atoms with E-state index in [0.717, 1.165) is 12.3 Å².